The number of aromatic nitrogens is 1. The van der Waals surface area contributed by atoms with Crippen LogP contribution < -0.4 is 4.74 Å². The standard InChI is InChI=1S/C14H17N3O2/c1-10(2)5-14(18)17-8-12(9-17)19-13-4-3-11(6-15)7-16-13/h3-4,7,10,12H,5,8-9H2,1-2H3. The number of nitriles is 1. The molecule has 0 unspecified atom stereocenters. The largest absolute Gasteiger partial charge is 0.471 e. The number of nitrogens with zero attached hydrogens (tertiary/aromatic N) is 3. The van der Waals surface area contributed by atoms with Crippen molar-refractivity contribution in [3.8, 4) is 11.9 Å². The lowest BCUT2D eigenvalue weighted by Gasteiger charge is -2.39. The number of ether oxygens (including phenoxy) is 1. The summed E-state index contributed by atoms with van der Waals surface area (Å²) in [6.45, 7) is 5.30. The highest BCUT2D eigenvalue weighted by Gasteiger charge is 2.32. The first-order valence-electron chi connectivity index (χ1n) is 6.39. The van der Waals surface area contributed by atoms with E-state index in [2.05, 4.69) is 4.98 Å². The first-order valence-corrected chi connectivity index (χ1v) is 6.39. The van der Waals surface area contributed by atoms with Gasteiger partial charge in [0, 0.05) is 18.7 Å². The molecule has 0 radical (unpaired) electrons. The minimum Gasteiger partial charge on any atom is -0.471 e. The van der Waals surface area contributed by atoms with Gasteiger partial charge < -0.3 is 9.64 Å². The number of carbonyl (C=O) groups is 1. The Balaban J connectivity index is 1.78. The SMILES string of the molecule is CC(C)CC(=O)N1CC(Oc2ccc(C#N)cn2)C1. The van der Waals surface area contributed by atoms with Crippen molar-refractivity contribution in [1.29, 1.82) is 5.26 Å². The van der Waals surface area contributed by atoms with Crippen molar-refractivity contribution in [2.75, 3.05) is 13.1 Å². The molecule has 19 heavy (non-hydrogen) atoms. The van der Waals surface area contributed by atoms with E-state index in [-0.39, 0.29) is 12.0 Å². The normalized spacial score (nSPS) is 14.9. The van der Waals surface area contributed by atoms with Crippen LogP contribution in [0.4, 0.5) is 0 Å². The number of rotatable bonds is 4. The molecule has 0 saturated carbocycles. The fourth-order valence-electron chi connectivity index (χ4n) is 1.88. The van der Waals surface area contributed by atoms with Crippen molar-refractivity contribution >= 4 is 5.91 Å². The van der Waals surface area contributed by atoms with Crippen molar-refractivity contribution in [3.05, 3.63) is 23.9 Å². The van der Waals surface area contributed by atoms with Crippen LogP contribution in [-0.4, -0.2) is 35.0 Å². The predicted molar refractivity (Wildman–Crippen MR) is 69.4 cm³/mol. The molecule has 1 saturated heterocycles. The lowest BCUT2D eigenvalue weighted by atomic mass is 10.1. The van der Waals surface area contributed by atoms with Gasteiger partial charge in [-0.1, -0.05) is 13.8 Å². The molecule has 0 atom stereocenters. The molecule has 5 nitrogen and oxygen atoms in total. The molecule has 1 aromatic heterocycles. The molecule has 1 aromatic rings. The number of hydrogen-bond donors (Lipinski definition) is 0. The summed E-state index contributed by atoms with van der Waals surface area (Å²) in [6, 6.07) is 5.35. The Hall–Kier alpha value is -2.09. The summed E-state index contributed by atoms with van der Waals surface area (Å²) < 4.78 is 5.62. The van der Waals surface area contributed by atoms with Gasteiger partial charge in [0.1, 0.15) is 12.2 Å². The van der Waals surface area contributed by atoms with Crippen LogP contribution in [-0.2, 0) is 4.79 Å². The third-order valence-corrected chi connectivity index (χ3v) is 2.94. The number of hydrogen-bond acceptors (Lipinski definition) is 4. The summed E-state index contributed by atoms with van der Waals surface area (Å²) in [5.41, 5.74) is 0.509. The Labute approximate surface area is 112 Å². The zero-order valence-corrected chi connectivity index (χ0v) is 11.2. The molecule has 0 aliphatic carbocycles. The molecule has 1 aliphatic heterocycles. The van der Waals surface area contributed by atoms with E-state index in [0.717, 1.165) is 0 Å². The maximum absolute atomic E-state index is 11.7. The van der Waals surface area contributed by atoms with Gasteiger partial charge in [0.15, 0.2) is 0 Å². The van der Waals surface area contributed by atoms with Crippen LogP contribution in [0.25, 0.3) is 0 Å². The minimum atomic E-state index is 0.0107. The van der Waals surface area contributed by atoms with Gasteiger partial charge in [-0.05, 0) is 12.0 Å². The van der Waals surface area contributed by atoms with E-state index in [1.165, 1.54) is 6.20 Å². The van der Waals surface area contributed by atoms with E-state index in [9.17, 15) is 4.79 Å². The molecule has 2 rings (SSSR count). The second-order valence-electron chi connectivity index (χ2n) is 5.13. The van der Waals surface area contributed by atoms with Gasteiger partial charge >= 0.3 is 0 Å². The van der Waals surface area contributed by atoms with Crippen LogP contribution in [0.5, 0.6) is 5.88 Å². The van der Waals surface area contributed by atoms with Crippen LogP contribution in [0.1, 0.15) is 25.8 Å². The van der Waals surface area contributed by atoms with Crippen LogP contribution in [0.2, 0.25) is 0 Å². The highest BCUT2D eigenvalue weighted by atomic mass is 16.5. The summed E-state index contributed by atoms with van der Waals surface area (Å²) in [5, 5.41) is 8.66. The fourth-order valence-corrected chi connectivity index (χ4v) is 1.88. The molecular weight excluding hydrogens is 242 g/mol. The van der Waals surface area contributed by atoms with E-state index >= 15 is 0 Å². The molecule has 0 bridgehead atoms. The molecule has 5 heteroatoms. The summed E-state index contributed by atoms with van der Waals surface area (Å²) in [4.78, 5) is 17.6. The molecule has 0 aromatic carbocycles. The Bertz CT molecular complexity index is 484. The van der Waals surface area contributed by atoms with Crippen LogP contribution in [0, 0.1) is 17.2 Å². The first-order chi connectivity index (χ1) is 9.08. The van der Waals surface area contributed by atoms with Crippen LogP contribution in [0.15, 0.2) is 18.3 Å². The summed E-state index contributed by atoms with van der Waals surface area (Å²) in [5.74, 6) is 1.07. The summed E-state index contributed by atoms with van der Waals surface area (Å²) >= 11 is 0. The number of likely N-dealkylation sites (tertiary alicyclic amines) is 1. The Morgan fingerprint density at radius 1 is 1.58 bits per heavy atom. The van der Waals surface area contributed by atoms with E-state index in [0.29, 0.717) is 36.9 Å². The van der Waals surface area contributed by atoms with E-state index < -0.39 is 0 Å². The average Bonchev–Trinajstić information content (AvgIpc) is 2.33. The van der Waals surface area contributed by atoms with Gasteiger partial charge in [-0.3, -0.25) is 4.79 Å². The smallest absolute Gasteiger partial charge is 0.223 e. The molecular formula is C14H17N3O2. The number of pyridine rings is 1. The van der Waals surface area contributed by atoms with E-state index in [1.807, 2.05) is 19.9 Å². The number of carbonyl (C=O) groups excluding carboxylic acids is 1. The monoisotopic (exact) mass is 259 g/mol. The van der Waals surface area contributed by atoms with Gasteiger partial charge in [-0.15, -0.1) is 0 Å². The third-order valence-electron chi connectivity index (χ3n) is 2.94. The third kappa shape index (κ3) is 3.44. The molecule has 2 heterocycles. The van der Waals surface area contributed by atoms with E-state index in [1.54, 1.807) is 17.0 Å². The Morgan fingerprint density at radius 2 is 2.32 bits per heavy atom. The van der Waals surface area contributed by atoms with E-state index in [4.69, 9.17) is 10.00 Å². The molecule has 0 spiro atoms. The zero-order chi connectivity index (χ0) is 13.8. The minimum absolute atomic E-state index is 0.0107. The second-order valence-corrected chi connectivity index (χ2v) is 5.13. The van der Waals surface area contributed by atoms with Gasteiger partial charge in [0.2, 0.25) is 11.8 Å². The van der Waals surface area contributed by atoms with Gasteiger partial charge in [0.05, 0.1) is 18.7 Å². The maximum atomic E-state index is 11.7. The van der Waals surface area contributed by atoms with Crippen LogP contribution in [0.3, 0.4) is 0 Å². The van der Waals surface area contributed by atoms with Crippen molar-refractivity contribution in [2.45, 2.75) is 26.4 Å². The summed E-state index contributed by atoms with van der Waals surface area (Å²) in [6.07, 6.45) is 2.08. The lowest BCUT2D eigenvalue weighted by Crippen LogP contribution is -2.56. The maximum Gasteiger partial charge on any atom is 0.223 e. The van der Waals surface area contributed by atoms with Gasteiger partial charge in [0.25, 0.3) is 0 Å². The first kappa shape index (κ1) is 13.3. The quantitative estimate of drug-likeness (QED) is 0.823. The highest BCUT2D eigenvalue weighted by molar-refractivity contribution is 5.77. The highest BCUT2D eigenvalue weighted by Crippen LogP contribution is 2.18. The lowest BCUT2D eigenvalue weighted by molar-refractivity contribution is -0.140. The topological polar surface area (TPSA) is 66.2 Å². The van der Waals surface area contributed by atoms with Gasteiger partial charge in [-0.2, -0.15) is 5.26 Å². The number of amides is 1. The van der Waals surface area contributed by atoms with Crippen LogP contribution >= 0.6 is 0 Å². The van der Waals surface area contributed by atoms with Crippen molar-refractivity contribution in [1.82, 2.24) is 9.88 Å². The molecule has 1 amide bonds. The van der Waals surface area contributed by atoms with Crippen molar-refractivity contribution < 1.29 is 9.53 Å². The predicted octanol–water partition coefficient (Wildman–Crippen LogP) is 1.59. The molecule has 1 aliphatic rings. The fraction of sp³-hybridized carbons (Fsp3) is 0.500. The van der Waals surface area contributed by atoms with Crippen molar-refractivity contribution in [2.24, 2.45) is 5.92 Å². The molecule has 100 valence electrons. The zero-order valence-electron chi connectivity index (χ0n) is 11.2. The Morgan fingerprint density at radius 3 is 2.84 bits per heavy atom. The average molecular weight is 259 g/mol. The Kier molecular flexibility index (Phi) is 4.00. The molecule has 1 fully saturated rings. The second kappa shape index (κ2) is 5.70. The molecule has 0 N–H and O–H groups in total. The summed E-state index contributed by atoms with van der Waals surface area (Å²) in [7, 11) is 0. The van der Waals surface area contributed by atoms with Crippen molar-refractivity contribution in [3.63, 3.8) is 0 Å². The van der Waals surface area contributed by atoms with Gasteiger partial charge in [-0.25, -0.2) is 4.98 Å².